The number of aromatic nitrogens is 2. The molecule has 0 amide bonds. The maximum absolute atomic E-state index is 13.9. The molecule has 0 aliphatic rings. The molecule has 102 valence electrons. The van der Waals surface area contributed by atoms with Crippen LogP contribution in [0.3, 0.4) is 0 Å². The van der Waals surface area contributed by atoms with Gasteiger partial charge in [0, 0.05) is 18.3 Å². The first-order valence-electron chi connectivity index (χ1n) is 6.03. The van der Waals surface area contributed by atoms with Crippen LogP contribution in [0.25, 0.3) is 0 Å². The fourth-order valence-corrected chi connectivity index (χ4v) is 3.00. The number of aryl methyl sites for hydroxylation is 2. The minimum absolute atomic E-state index is 0.0356. The Bertz CT molecular complexity index is 583. The second-order valence-corrected chi connectivity index (χ2v) is 5.57. The topological polar surface area (TPSA) is 17.8 Å². The van der Waals surface area contributed by atoms with Crippen LogP contribution in [0.5, 0.6) is 0 Å². The maximum atomic E-state index is 13.9. The summed E-state index contributed by atoms with van der Waals surface area (Å²) >= 11 is 9.71. The minimum atomic E-state index is -0.179. The molecule has 2 aromatic rings. The fourth-order valence-electron chi connectivity index (χ4n) is 2.19. The van der Waals surface area contributed by atoms with Crippen molar-refractivity contribution in [2.24, 2.45) is 7.05 Å². The van der Waals surface area contributed by atoms with Gasteiger partial charge in [0.15, 0.2) is 0 Å². The average Bonchev–Trinajstić information content (AvgIpc) is 2.63. The van der Waals surface area contributed by atoms with E-state index in [1.54, 1.807) is 10.7 Å². The van der Waals surface area contributed by atoms with Crippen molar-refractivity contribution in [3.63, 3.8) is 0 Å². The van der Waals surface area contributed by atoms with E-state index in [0.29, 0.717) is 22.3 Å². The van der Waals surface area contributed by atoms with Gasteiger partial charge in [0.2, 0.25) is 0 Å². The van der Waals surface area contributed by atoms with Crippen LogP contribution in [0.15, 0.2) is 24.3 Å². The van der Waals surface area contributed by atoms with Crippen LogP contribution >= 0.6 is 27.5 Å². The first-order valence-corrected chi connectivity index (χ1v) is 7.53. The highest BCUT2D eigenvalue weighted by Gasteiger charge is 2.20. The van der Waals surface area contributed by atoms with Crippen LogP contribution in [0.1, 0.15) is 22.9 Å². The molecule has 0 aliphatic heterocycles. The summed E-state index contributed by atoms with van der Waals surface area (Å²) in [5.41, 5.74) is 2.45. The number of rotatable bonds is 4. The Kier molecular flexibility index (Phi) is 4.63. The number of nitrogens with zero attached hydrogens (tertiary/aromatic N) is 2. The largest absolute Gasteiger partial charge is 0.271 e. The molecule has 0 fully saturated rings. The van der Waals surface area contributed by atoms with E-state index >= 15 is 0 Å². The van der Waals surface area contributed by atoms with Gasteiger partial charge in [-0.15, -0.1) is 0 Å². The molecule has 0 N–H and O–H groups in total. The van der Waals surface area contributed by atoms with Crippen LogP contribution in [0.2, 0.25) is 5.02 Å². The second-order valence-electron chi connectivity index (χ2n) is 4.55. The molecule has 0 saturated heterocycles. The van der Waals surface area contributed by atoms with Gasteiger partial charge in [-0.1, -0.05) is 45.7 Å². The molecule has 2 nitrogen and oxygen atoms in total. The van der Waals surface area contributed by atoms with Gasteiger partial charge in [-0.25, -0.2) is 4.39 Å². The van der Waals surface area contributed by atoms with Crippen molar-refractivity contribution in [1.29, 1.82) is 0 Å². The molecule has 0 aliphatic carbocycles. The smallest absolute Gasteiger partial charge is 0.126 e. The van der Waals surface area contributed by atoms with Crippen molar-refractivity contribution in [1.82, 2.24) is 9.78 Å². The summed E-state index contributed by atoms with van der Waals surface area (Å²) in [6.07, 6.45) is 0.655. The van der Waals surface area contributed by atoms with E-state index in [-0.39, 0.29) is 11.7 Å². The van der Waals surface area contributed by atoms with Crippen LogP contribution in [0.4, 0.5) is 4.39 Å². The number of halogens is 3. The van der Waals surface area contributed by atoms with Gasteiger partial charge >= 0.3 is 0 Å². The molecular weight excluding hydrogens is 331 g/mol. The Morgan fingerprint density at radius 3 is 2.63 bits per heavy atom. The van der Waals surface area contributed by atoms with Crippen molar-refractivity contribution in [3.05, 3.63) is 52.1 Å². The van der Waals surface area contributed by atoms with Crippen LogP contribution in [-0.2, 0) is 13.5 Å². The summed E-state index contributed by atoms with van der Waals surface area (Å²) < 4.78 is 15.6. The lowest BCUT2D eigenvalue weighted by atomic mass is 9.95. The summed E-state index contributed by atoms with van der Waals surface area (Å²) in [5.74, 6) is -0.143. The maximum Gasteiger partial charge on any atom is 0.126 e. The third-order valence-electron chi connectivity index (χ3n) is 3.23. The van der Waals surface area contributed by atoms with Crippen molar-refractivity contribution < 1.29 is 4.39 Å². The predicted octanol–water partition coefficient (Wildman–Crippen LogP) is 4.24. The van der Waals surface area contributed by atoms with Crippen molar-refractivity contribution in [3.8, 4) is 0 Å². The van der Waals surface area contributed by atoms with E-state index in [9.17, 15) is 4.39 Å². The fraction of sp³-hybridized carbons (Fsp3) is 0.357. The third-order valence-corrected chi connectivity index (χ3v) is 4.51. The Labute approximate surface area is 125 Å². The molecule has 1 atom stereocenters. The lowest BCUT2D eigenvalue weighted by Gasteiger charge is -2.15. The molecular formula is C14H15BrClFN2. The number of hydrogen-bond acceptors (Lipinski definition) is 1. The van der Waals surface area contributed by atoms with Crippen LogP contribution in [0, 0.1) is 12.7 Å². The lowest BCUT2D eigenvalue weighted by molar-refractivity contribution is 0.581. The summed E-state index contributed by atoms with van der Waals surface area (Å²) in [7, 11) is 1.86. The van der Waals surface area contributed by atoms with Gasteiger partial charge in [-0.3, -0.25) is 4.68 Å². The van der Waals surface area contributed by atoms with E-state index in [4.69, 9.17) is 11.6 Å². The van der Waals surface area contributed by atoms with E-state index in [0.717, 1.165) is 11.4 Å². The SMILES string of the molecule is Cc1nn(C)c(CC(CBr)c2ccccc2F)c1Cl. The molecule has 1 unspecified atom stereocenters. The Balaban J connectivity index is 2.32. The summed E-state index contributed by atoms with van der Waals surface area (Å²) in [6.45, 7) is 1.87. The van der Waals surface area contributed by atoms with E-state index < -0.39 is 0 Å². The minimum Gasteiger partial charge on any atom is -0.271 e. The summed E-state index contributed by atoms with van der Waals surface area (Å²) in [4.78, 5) is 0. The van der Waals surface area contributed by atoms with E-state index in [1.807, 2.05) is 26.1 Å². The lowest BCUT2D eigenvalue weighted by Crippen LogP contribution is -2.10. The van der Waals surface area contributed by atoms with Crippen molar-refractivity contribution >= 4 is 27.5 Å². The molecule has 2 rings (SSSR count). The molecule has 1 aromatic carbocycles. The second kappa shape index (κ2) is 6.06. The zero-order valence-corrected chi connectivity index (χ0v) is 13.2. The molecule has 0 spiro atoms. The zero-order valence-electron chi connectivity index (χ0n) is 10.8. The first-order chi connectivity index (χ1) is 9.04. The quantitative estimate of drug-likeness (QED) is 0.758. The zero-order chi connectivity index (χ0) is 14.0. The van der Waals surface area contributed by atoms with Gasteiger partial charge in [-0.05, 0) is 25.0 Å². The van der Waals surface area contributed by atoms with Crippen molar-refractivity contribution in [2.45, 2.75) is 19.3 Å². The first kappa shape index (κ1) is 14.5. The molecule has 5 heteroatoms. The highest BCUT2D eigenvalue weighted by Crippen LogP contribution is 2.29. The summed E-state index contributed by atoms with van der Waals surface area (Å²) in [5, 5.41) is 5.64. The van der Waals surface area contributed by atoms with Crippen LogP contribution in [-0.4, -0.2) is 15.1 Å². The molecule has 0 bridgehead atoms. The highest BCUT2D eigenvalue weighted by atomic mass is 79.9. The number of alkyl halides is 1. The molecule has 1 aromatic heterocycles. The Morgan fingerprint density at radius 1 is 1.42 bits per heavy atom. The Morgan fingerprint density at radius 2 is 2.11 bits per heavy atom. The normalized spacial score (nSPS) is 12.7. The van der Waals surface area contributed by atoms with E-state index in [1.165, 1.54) is 6.07 Å². The predicted molar refractivity (Wildman–Crippen MR) is 79.6 cm³/mol. The van der Waals surface area contributed by atoms with Crippen molar-refractivity contribution in [2.75, 3.05) is 5.33 Å². The number of benzene rings is 1. The molecule has 19 heavy (non-hydrogen) atoms. The molecule has 0 saturated carbocycles. The molecule has 0 radical (unpaired) electrons. The highest BCUT2D eigenvalue weighted by molar-refractivity contribution is 9.09. The van der Waals surface area contributed by atoms with Gasteiger partial charge in [0.25, 0.3) is 0 Å². The van der Waals surface area contributed by atoms with Gasteiger partial charge in [0.05, 0.1) is 16.4 Å². The van der Waals surface area contributed by atoms with Gasteiger partial charge < -0.3 is 0 Å². The standard InChI is InChI=1S/C14H15BrClFN2/c1-9-14(16)13(19(2)18-9)7-10(8-15)11-5-3-4-6-12(11)17/h3-6,10H,7-8H2,1-2H3. The Hall–Kier alpha value is -0.870. The van der Waals surface area contributed by atoms with Crippen LogP contribution < -0.4 is 0 Å². The third kappa shape index (κ3) is 3.00. The summed E-state index contributed by atoms with van der Waals surface area (Å²) in [6, 6.07) is 6.86. The van der Waals surface area contributed by atoms with E-state index in [2.05, 4.69) is 21.0 Å². The van der Waals surface area contributed by atoms with Gasteiger partial charge in [-0.2, -0.15) is 5.10 Å². The van der Waals surface area contributed by atoms with Gasteiger partial charge in [0.1, 0.15) is 5.82 Å². The number of hydrogen-bond donors (Lipinski definition) is 0. The molecule has 1 heterocycles. The average molecular weight is 346 g/mol. The monoisotopic (exact) mass is 344 g/mol.